The number of imidazole rings is 1. The summed E-state index contributed by atoms with van der Waals surface area (Å²) >= 11 is 0. The number of aromatic nitrogens is 2. The van der Waals surface area contributed by atoms with Crippen LogP contribution in [-0.4, -0.2) is 44.6 Å². The first kappa shape index (κ1) is 25.4. The van der Waals surface area contributed by atoms with Crippen molar-refractivity contribution in [3.63, 3.8) is 0 Å². The van der Waals surface area contributed by atoms with E-state index in [-0.39, 0.29) is 38.3 Å². The second kappa shape index (κ2) is 9.59. The van der Waals surface area contributed by atoms with E-state index in [4.69, 9.17) is 4.74 Å². The van der Waals surface area contributed by atoms with Gasteiger partial charge in [-0.3, -0.25) is 4.79 Å². The lowest BCUT2D eigenvalue weighted by Gasteiger charge is -2.30. The molecule has 1 unspecified atom stereocenters. The summed E-state index contributed by atoms with van der Waals surface area (Å²) in [5.41, 5.74) is -1.49. The fraction of sp³-hybridized carbons (Fsp3) is 0.500. The second-order valence-corrected chi connectivity index (χ2v) is 9.05. The first-order chi connectivity index (χ1) is 15.7. The third-order valence-corrected chi connectivity index (χ3v) is 5.05. The van der Waals surface area contributed by atoms with Crippen LogP contribution in [0.5, 0.6) is 0 Å². The molecular weight excluding hydrogens is 463 g/mol. The average Bonchev–Trinajstić information content (AvgIpc) is 3.13. The van der Waals surface area contributed by atoms with Crippen molar-refractivity contribution in [3.05, 3.63) is 53.1 Å². The molecule has 2 heterocycles. The Morgan fingerprint density at radius 2 is 1.85 bits per heavy atom. The molecule has 0 spiro atoms. The summed E-state index contributed by atoms with van der Waals surface area (Å²) < 4.78 is 72.3. The van der Waals surface area contributed by atoms with Crippen LogP contribution in [0.2, 0.25) is 0 Å². The Morgan fingerprint density at radius 3 is 2.47 bits per heavy atom. The summed E-state index contributed by atoms with van der Waals surface area (Å²) in [6.07, 6.45) is -4.70. The summed E-state index contributed by atoms with van der Waals surface area (Å²) in [5, 5.41) is 2.57. The molecule has 0 aliphatic carbocycles. The number of ether oxygens (including phenoxy) is 1. The molecule has 1 aromatic carbocycles. The number of benzene rings is 1. The largest absolute Gasteiger partial charge is 0.444 e. The number of amides is 2. The quantitative estimate of drug-likeness (QED) is 0.645. The van der Waals surface area contributed by atoms with Gasteiger partial charge in [-0.25, -0.2) is 18.6 Å². The van der Waals surface area contributed by atoms with E-state index in [0.717, 1.165) is 18.3 Å². The Kier molecular flexibility index (Phi) is 7.18. The van der Waals surface area contributed by atoms with Gasteiger partial charge in [0.1, 0.15) is 11.4 Å². The van der Waals surface area contributed by atoms with Crippen LogP contribution in [0.3, 0.4) is 0 Å². The second-order valence-electron chi connectivity index (χ2n) is 9.05. The molecule has 0 radical (unpaired) electrons. The number of carbonyl (C=O) groups is 2. The number of carbonyl (C=O) groups excluding carboxylic acids is 2. The normalized spacial score (nSPS) is 15.0. The predicted molar refractivity (Wildman–Crippen MR) is 110 cm³/mol. The number of halogens is 5. The molecule has 7 nitrogen and oxygen atoms in total. The molecule has 1 N–H and O–H groups in total. The molecular formula is C22H25F5N4O3. The molecule has 0 saturated carbocycles. The van der Waals surface area contributed by atoms with Gasteiger partial charge in [0.2, 0.25) is 5.91 Å². The van der Waals surface area contributed by atoms with E-state index in [1.807, 2.05) is 0 Å². The Morgan fingerprint density at radius 1 is 1.15 bits per heavy atom. The van der Waals surface area contributed by atoms with Crippen molar-refractivity contribution < 1.29 is 36.3 Å². The fourth-order valence-electron chi connectivity index (χ4n) is 3.54. The van der Waals surface area contributed by atoms with Crippen molar-refractivity contribution in [1.82, 2.24) is 19.8 Å². The monoisotopic (exact) mass is 488 g/mol. The molecule has 12 heteroatoms. The van der Waals surface area contributed by atoms with Crippen LogP contribution in [0.15, 0.2) is 24.4 Å². The van der Waals surface area contributed by atoms with Gasteiger partial charge in [-0.15, -0.1) is 0 Å². The van der Waals surface area contributed by atoms with Crippen LogP contribution in [-0.2, 0) is 35.2 Å². The summed E-state index contributed by atoms with van der Waals surface area (Å²) in [7, 11) is 0. The van der Waals surface area contributed by atoms with Gasteiger partial charge >= 0.3 is 12.3 Å². The number of hydrogen-bond acceptors (Lipinski definition) is 4. The van der Waals surface area contributed by atoms with Crippen LogP contribution >= 0.6 is 0 Å². The van der Waals surface area contributed by atoms with Gasteiger partial charge in [0.15, 0.2) is 17.3 Å². The highest BCUT2D eigenvalue weighted by atomic mass is 19.4. The Hall–Kier alpha value is -3.18. The Balaban J connectivity index is 1.72. The van der Waals surface area contributed by atoms with Crippen molar-refractivity contribution in [3.8, 4) is 0 Å². The number of alkyl halides is 3. The zero-order valence-electron chi connectivity index (χ0n) is 18.9. The average molecular weight is 488 g/mol. The number of nitrogens with one attached hydrogen (secondary N) is 1. The highest BCUT2D eigenvalue weighted by Crippen LogP contribution is 2.29. The molecule has 0 saturated heterocycles. The van der Waals surface area contributed by atoms with Crippen molar-refractivity contribution >= 4 is 12.0 Å². The maximum Gasteiger partial charge on any atom is 0.434 e. The van der Waals surface area contributed by atoms with Gasteiger partial charge in [-0.1, -0.05) is 6.07 Å². The number of fused-ring (bicyclic) bond motifs is 1. The first-order valence-corrected chi connectivity index (χ1v) is 10.6. The number of rotatable bonds is 5. The zero-order valence-corrected chi connectivity index (χ0v) is 18.9. The third kappa shape index (κ3) is 6.67. The van der Waals surface area contributed by atoms with Crippen LogP contribution in [0.25, 0.3) is 0 Å². The SMILES string of the molecule is CC(C)(C)OC(=O)NC(CC(=O)N1CCn2cc(C(F)(F)F)nc2C1)Cc1ccc(F)c(F)c1. The highest BCUT2D eigenvalue weighted by Gasteiger charge is 2.36. The summed E-state index contributed by atoms with van der Waals surface area (Å²) in [5.74, 6) is -2.43. The molecule has 0 fully saturated rings. The van der Waals surface area contributed by atoms with Crippen molar-refractivity contribution in [2.45, 2.75) is 64.5 Å². The number of nitrogens with zero attached hydrogens (tertiary/aromatic N) is 3. The van der Waals surface area contributed by atoms with E-state index < -0.39 is 47.1 Å². The Bertz CT molecular complexity index is 1060. The lowest BCUT2D eigenvalue weighted by Crippen LogP contribution is -2.45. The molecule has 3 rings (SSSR count). The lowest BCUT2D eigenvalue weighted by molar-refractivity contribution is -0.141. The molecule has 2 amide bonds. The van der Waals surface area contributed by atoms with E-state index in [2.05, 4.69) is 10.3 Å². The maximum atomic E-state index is 13.6. The standard InChI is InChI=1S/C22H25F5N4O3/c1-21(2,3)34-20(33)28-14(8-13-4-5-15(23)16(24)9-13)10-19(32)31-7-6-30-11-17(22(25,26)27)29-18(30)12-31/h4-5,9,11,14H,6-8,10,12H2,1-3H3,(H,28,33). The van der Waals surface area contributed by atoms with Gasteiger partial charge in [0.05, 0.1) is 6.54 Å². The lowest BCUT2D eigenvalue weighted by atomic mass is 10.0. The summed E-state index contributed by atoms with van der Waals surface area (Å²) in [6.45, 7) is 5.15. The van der Waals surface area contributed by atoms with E-state index in [0.29, 0.717) is 5.56 Å². The van der Waals surface area contributed by atoms with E-state index in [9.17, 15) is 31.5 Å². The maximum absolute atomic E-state index is 13.6. The minimum Gasteiger partial charge on any atom is -0.444 e. The number of hydrogen-bond donors (Lipinski definition) is 1. The molecule has 34 heavy (non-hydrogen) atoms. The molecule has 186 valence electrons. The van der Waals surface area contributed by atoms with Gasteiger partial charge in [-0.05, 0) is 44.9 Å². The molecule has 1 aliphatic heterocycles. The van der Waals surface area contributed by atoms with Crippen molar-refractivity contribution in [2.75, 3.05) is 6.54 Å². The van der Waals surface area contributed by atoms with E-state index in [1.165, 1.54) is 15.5 Å². The minimum atomic E-state index is -4.59. The molecule has 2 aromatic rings. The molecule has 0 bridgehead atoms. The van der Waals surface area contributed by atoms with Gasteiger partial charge in [-0.2, -0.15) is 13.2 Å². The molecule has 1 atom stereocenters. The minimum absolute atomic E-state index is 0.00285. The fourth-order valence-corrected chi connectivity index (χ4v) is 3.54. The zero-order chi connectivity index (χ0) is 25.3. The van der Waals surface area contributed by atoms with Crippen LogP contribution in [0, 0.1) is 11.6 Å². The van der Waals surface area contributed by atoms with Crippen LogP contribution in [0.1, 0.15) is 44.3 Å². The molecule has 1 aliphatic rings. The van der Waals surface area contributed by atoms with E-state index >= 15 is 0 Å². The topological polar surface area (TPSA) is 76.5 Å². The van der Waals surface area contributed by atoms with Gasteiger partial charge in [0.25, 0.3) is 0 Å². The highest BCUT2D eigenvalue weighted by molar-refractivity contribution is 5.78. The summed E-state index contributed by atoms with van der Waals surface area (Å²) in [4.78, 5) is 30.2. The third-order valence-electron chi connectivity index (χ3n) is 5.05. The predicted octanol–water partition coefficient (Wildman–Crippen LogP) is 4.05. The van der Waals surface area contributed by atoms with Gasteiger partial charge in [0, 0.05) is 31.7 Å². The summed E-state index contributed by atoms with van der Waals surface area (Å²) in [6, 6.07) is 2.42. The van der Waals surface area contributed by atoms with Crippen LogP contribution < -0.4 is 5.32 Å². The van der Waals surface area contributed by atoms with Crippen molar-refractivity contribution in [1.29, 1.82) is 0 Å². The number of alkyl carbamates (subject to hydrolysis) is 1. The van der Waals surface area contributed by atoms with Crippen molar-refractivity contribution in [2.24, 2.45) is 0 Å². The smallest absolute Gasteiger partial charge is 0.434 e. The van der Waals surface area contributed by atoms with Crippen LogP contribution in [0.4, 0.5) is 26.7 Å². The first-order valence-electron chi connectivity index (χ1n) is 10.6. The Labute approximate surface area is 192 Å². The van der Waals surface area contributed by atoms with Gasteiger partial charge < -0.3 is 19.5 Å². The molecule has 1 aromatic heterocycles. The van der Waals surface area contributed by atoms with E-state index in [1.54, 1.807) is 20.8 Å².